The first-order valence-electron chi connectivity index (χ1n) is 4.48. The van der Waals surface area contributed by atoms with E-state index in [9.17, 15) is 19.2 Å². The third kappa shape index (κ3) is 26.3. The zero-order valence-corrected chi connectivity index (χ0v) is 17.9. The van der Waals surface area contributed by atoms with Gasteiger partial charge in [-0.25, -0.2) is 0 Å². The number of rotatable bonds is 6. The number of carboxylic acids is 4. The molecule has 0 fully saturated rings. The van der Waals surface area contributed by atoms with E-state index in [0.29, 0.717) is 0 Å². The first kappa shape index (κ1) is 33.6. The fourth-order valence-electron chi connectivity index (χ4n) is 0.551. The van der Waals surface area contributed by atoms with Crippen LogP contribution in [0.2, 0.25) is 0 Å². The summed E-state index contributed by atoms with van der Waals surface area (Å²) in [6, 6.07) is -2.58. The minimum atomic E-state index is -1.29. The van der Waals surface area contributed by atoms with E-state index < -0.39 is 48.8 Å². The third-order valence-corrected chi connectivity index (χ3v) is 1.42. The molecule has 0 heterocycles. The molecule has 11 nitrogen and oxygen atoms in total. The Kier molecular flexibility index (Phi) is 30.5. The molecule has 0 saturated heterocycles. The molecule has 0 aromatic carbocycles. The molecule has 0 aliphatic carbocycles. The molecule has 0 amide bonds. The van der Waals surface area contributed by atoms with E-state index in [1.165, 1.54) is 0 Å². The average molecular weight is 362 g/mol. The summed E-state index contributed by atoms with van der Waals surface area (Å²) >= 11 is 0. The first-order valence-corrected chi connectivity index (χ1v) is 4.48. The van der Waals surface area contributed by atoms with E-state index in [0.717, 1.165) is 0 Å². The summed E-state index contributed by atoms with van der Waals surface area (Å²) in [6.07, 6.45) is -1.06. The first-order chi connectivity index (χ1) is 8.07. The predicted octanol–water partition coefficient (Wildman–Crippen LogP) is -3.84. The molecule has 2 radical (unpaired) electrons. The molecule has 0 spiro atoms. The van der Waals surface area contributed by atoms with Gasteiger partial charge >= 0.3 is 23.9 Å². The Labute approximate surface area is 204 Å². The number of carboxylic acid groups (broad SMARTS) is 4. The topological polar surface area (TPSA) is 233 Å². The van der Waals surface area contributed by atoms with Crippen molar-refractivity contribution < 1.29 is 45.1 Å². The van der Waals surface area contributed by atoms with E-state index in [2.05, 4.69) is 0 Å². The van der Waals surface area contributed by atoms with Crippen LogP contribution in [0.1, 0.15) is 12.8 Å². The van der Waals surface area contributed by atoms with Gasteiger partial charge in [0.15, 0.2) is 0 Å². The largest absolute Gasteiger partial charge is 0.481 e. The molecule has 0 rings (SSSR count). The number of aliphatic carboxylic acids is 4. The molecule has 0 aromatic heterocycles. The van der Waals surface area contributed by atoms with Crippen LogP contribution in [-0.2, 0) is 19.2 Å². The van der Waals surface area contributed by atoms with Crippen LogP contribution in [0.25, 0.3) is 0 Å². The molecule has 2 unspecified atom stereocenters. The normalized spacial score (nSPS) is 10.8. The van der Waals surface area contributed by atoms with Crippen LogP contribution in [0.15, 0.2) is 0 Å². The Morgan fingerprint density at radius 1 is 0.714 bits per heavy atom. The van der Waals surface area contributed by atoms with E-state index in [1.807, 2.05) is 0 Å². The van der Waals surface area contributed by atoms with Crippen LogP contribution in [-0.4, -0.2) is 165 Å². The molecule has 13 heteroatoms. The van der Waals surface area contributed by atoms with E-state index in [4.69, 9.17) is 31.9 Å². The quantitative estimate of drug-likeness (QED) is 0.252. The molecule has 10 N–H and O–H groups in total. The molecule has 21 heavy (non-hydrogen) atoms. The van der Waals surface area contributed by atoms with Gasteiger partial charge in [0.25, 0.3) is 0 Å². The molecule has 0 saturated carbocycles. The summed E-state index contributed by atoms with van der Waals surface area (Å²) in [5, 5.41) is 32.1. The van der Waals surface area contributed by atoms with Crippen molar-refractivity contribution in [3.8, 4) is 0 Å². The molecule has 0 aromatic rings. The van der Waals surface area contributed by atoms with Crippen molar-refractivity contribution in [2.75, 3.05) is 0 Å². The van der Waals surface area contributed by atoms with Crippen LogP contribution in [0.3, 0.4) is 0 Å². The van der Waals surface area contributed by atoms with E-state index >= 15 is 0 Å². The third-order valence-electron chi connectivity index (χ3n) is 1.42. The summed E-state index contributed by atoms with van der Waals surface area (Å²) in [5.41, 5.74) is 9.67. The zero-order valence-electron chi connectivity index (χ0n) is 11.6. The molecule has 0 aliphatic rings. The van der Waals surface area contributed by atoms with Crippen LogP contribution in [0.5, 0.6) is 0 Å². The van der Waals surface area contributed by atoms with Gasteiger partial charge in [0.1, 0.15) is 12.1 Å². The van der Waals surface area contributed by atoms with Crippen molar-refractivity contribution in [3.63, 3.8) is 0 Å². The summed E-state index contributed by atoms with van der Waals surface area (Å²) in [6.45, 7) is 0. The summed E-state index contributed by atoms with van der Waals surface area (Å²) < 4.78 is 0. The molecule has 0 bridgehead atoms. The Morgan fingerprint density at radius 2 is 0.905 bits per heavy atom. The van der Waals surface area contributed by atoms with Gasteiger partial charge in [0.2, 0.25) is 0 Å². The fourth-order valence-corrected chi connectivity index (χ4v) is 0.551. The number of nitrogens with two attached hydrogens (primary N) is 2. The second kappa shape index (κ2) is 19.1. The van der Waals surface area contributed by atoms with Gasteiger partial charge in [-0.05, 0) is 0 Å². The molecular weight excluding hydrogens is 346 g/mol. The zero-order chi connectivity index (χ0) is 14.9. The number of carbonyl (C=O) groups is 4. The van der Waals surface area contributed by atoms with Gasteiger partial charge in [-0.2, -0.15) is 0 Å². The molecule has 114 valence electrons. The van der Waals surface area contributed by atoms with E-state index in [1.54, 1.807) is 0 Å². The van der Waals surface area contributed by atoms with Gasteiger partial charge in [0.05, 0.1) is 12.8 Å². The minimum absolute atomic E-state index is 0. The van der Waals surface area contributed by atoms with Crippen LogP contribution < -0.4 is 11.5 Å². The van der Waals surface area contributed by atoms with Crippen LogP contribution in [0.4, 0.5) is 0 Å². The minimum Gasteiger partial charge on any atom is -0.481 e. The molecule has 0 aliphatic heterocycles. The van der Waals surface area contributed by atoms with Gasteiger partial charge in [0, 0.05) is 103 Å². The van der Waals surface area contributed by atoms with Crippen molar-refractivity contribution in [1.29, 1.82) is 0 Å². The summed E-state index contributed by atoms with van der Waals surface area (Å²) in [7, 11) is 0. The van der Waals surface area contributed by atoms with Gasteiger partial charge in [-0.3, -0.25) is 19.2 Å². The SMILES string of the molecule is NC(CC(=O)O)C(=O)O.NC(CC(=O)O)C(=O)O.O.[K].[K]. The number of hydrogen-bond acceptors (Lipinski definition) is 6. The van der Waals surface area contributed by atoms with Crippen molar-refractivity contribution in [3.05, 3.63) is 0 Å². The van der Waals surface area contributed by atoms with Gasteiger partial charge < -0.3 is 37.4 Å². The standard InChI is InChI=1S/2C4H7NO4.2K.H2O/c2*5-2(4(8)9)1-3(6)7;;;/h2*2H,1,5H2,(H,6,7)(H,8,9);;;1H2. The smallest absolute Gasteiger partial charge is 0.321 e. The average Bonchev–Trinajstić information content (AvgIpc) is 2.16. The van der Waals surface area contributed by atoms with E-state index in [-0.39, 0.29) is 108 Å². The summed E-state index contributed by atoms with van der Waals surface area (Å²) in [4.78, 5) is 39.2. The maximum absolute atomic E-state index is 9.85. The maximum Gasteiger partial charge on any atom is 0.321 e. The second-order valence-electron chi connectivity index (χ2n) is 3.09. The van der Waals surface area contributed by atoms with Crippen molar-refractivity contribution in [1.82, 2.24) is 0 Å². The second-order valence-corrected chi connectivity index (χ2v) is 3.09. The van der Waals surface area contributed by atoms with Gasteiger partial charge in [-0.1, -0.05) is 0 Å². The molecular formula is C8H16K2N2O9. The molecule has 2 atom stereocenters. The fraction of sp³-hybridized carbons (Fsp3) is 0.500. The van der Waals surface area contributed by atoms with Crippen LogP contribution in [0, 0.1) is 0 Å². The van der Waals surface area contributed by atoms with Crippen molar-refractivity contribution in [2.24, 2.45) is 11.5 Å². The Hall–Kier alpha value is 1.03. The van der Waals surface area contributed by atoms with Gasteiger partial charge in [-0.15, -0.1) is 0 Å². The van der Waals surface area contributed by atoms with Crippen molar-refractivity contribution >= 4 is 127 Å². The monoisotopic (exact) mass is 362 g/mol. The van der Waals surface area contributed by atoms with Crippen LogP contribution >= 0.6 is 0 Å². The Balaban J connectivity index is -0.0000000711. The Morgan fingerprint density at radius 3 is 0.952 bits per heavy atom. The predicted molar refractivity (Wildman–Crippen MR) is 70.8 cm³/mol. The maximum atomic E-state index is 9.85. The summed E-state index contributed by atoms with van der Waals surface area (Å²) in [5.74, 6) is -5.00. The number of hydrogen-bond donors (Lipinski definition) is 6. The Bertz CT molecular complexity index is 308. The van der Waals surface area contributed by atoms with Crippen molar-refractivity contribution in [2.45, 2.75) is 24.9 Å².